The lowest BCUT2D eigenvalue weighted by molar-refractivity contribution is -0.274. The van der Waals surface area contributed by atoms with E-state index in [9.17, 15) is 22.8 Å². The third-order valence-electron chi connectivity index (χ3n) is 5.59. The van der Waals surface area contributed by atoms with Gasteiger partial charge in [0.05, 0.1) is 0 Å². The number of alkyl halides is 3. The standard InChI is InChI=1S/C21H19F3N2O4/c1-20-11-15(14-5-3-4-6-16(14)30-20)17(19(28)26(20)2)18(27)25-12-7-9-13(10-8-12)29-21(22,23)24/h3-10,15,17H,11H2,1-2H3,(H,25,27)/t15-,17+,20+/m0/s1. The maximum Gasteiger partial charge on any atom is 0.573 e. The van der Waals surface area contributed by atoms with Gasteiger partial charge >= 0.3 is 6.36 Å². The van der Waals surface area contributed by atoms with Gasteiger partial charge in [-0.2, -0.15) is 0 Å². The van der Waals surface area contributed by atoms with Crippen LogP contribution >= 0.6 is 0 Å². The molecule has 0 radical (unpaired) electrons. The molecule has 30 heavy (non-hydrogen) atoms. The lowest BCUT2D eigenvalue weighted by Crippen LogP contribution is -2.62. The van der Waals surface area contributed by atoms with Crippen LogP contribution in [0.4, 0.5) is 18.9 Å². The minimum absolute atomic E-state index is 0.263. The Morgan fingerprint density at radius 3 is 2.53 bits per heavy atom. The summed E-state index contributed by atoms with van der Waals surface area (Å²) in [7, 11) is 1.59. The molecule has 2 aromatic rings. The van der Waals surface area contributed by atoms with Gasteiger partial charge in [0.2, 0.25) is 11.8 Å². The lowest BCUT2D eigenvalue weighted by atomic mass is 9.73. The zero-order valence-electron chi connectivity index (χ0n) is 16.2. The molecule has 2 aliphatic heterocycles. The van der Waals surface area contributed by atoms with E-state index in [1.165, 1.54) is 17.0 Å². The number of carbonyl (C=O) groups excluding carboxylic acids is 2. The van der Waals surface area contributed by atoms with Crippen molar-refractivity contribution in [3.63, 3.8) is 0 Å². The minimum Gasteiger partial charge on any atom is -0.468 e. The number of para-hydroxylation sites is 1. The van der Waals surface area contributed by atoms with Gasteiger partial charge in [0, 0.05) is 25.1 Å². The average molecular weight is 420 g/mol. The van der Waals surface area contributed by atoms with Crippen LogP contribution in [0.15, 0.2) is 48.5 Å². The van der Waals surface area contributed by atoms with Crippen LogP contribution in [0.1, 0.15) is 24.8 Å². The van der Waals surface area contributed by atoms with Crippen molar-refractivity contribution in [1.29, 1.82) is 0 Å². The van der Waals surface area contributed by atoms with Gasteiger partial charge in [-0.3, -0.25) is 9.59 Å². The summed E-state index contributed by atoms with van der Waals surface area (Å²) in [4.78, 5) is 27.5. The number of anilines is 1. The van der Waals surface area contributed by atoms with Crippen molar-refractivity contribution in [2.24, 2.45) is 5.92 Å². The molecule has 1 fully saturated rings. The van der Waals surface area contributed by atoms with Crippen molar-refractivity contribution in [2.75, 3.05) is 12.4 Å². The molecule has 2 amide bonds. The van der Waals surface area contributed by atoms with Crippen molar-refractivity contribution in [2.45, 2.75) is 31.3 Å². The average Bonchev–Trinajstić information content (AvgIpc) is 2.67. The molecule has 2 bridgehead atoms. The summed E-state index contributed by atoms with van der Waals surface area (Å²) in [6.45, 7) is 1.81. The summed E-state index contributed by atoms with van der Waals surface area (Å²) >= 11 is 0. The predicted octanol–water partition coefficient (Wildman–Crippen LogP) is 3.89. The maximum absolute atomic E-state index is 13.0. The molecule has 0 aromatic heterocycles. The number of hydrogen-bond acceptors (Lipinski definition) is 4. The second-order valence-corrected chi connectivity index (χ2v) is 7.56. The zero-order valence-corrected chi connectivity index (χ0v) is 16.2. The SMILES string of the molecule is CN1C(=O)[C@@H](C(=O)Nc2ccc(OC(F)(F)F)cc2)[C@H]2C[C@@]1(C)Oc1ccccc12. The number of likely N-dealkylation sites (tertiary alicyclic amines) is 1. The quantitative estimate of drug-likeness (QED) is 0.765. The fourth-order valence-electron chi connectivity index (χ4n) is 4.05. The highest BCUT2D eigenvalue weighted by atomic mass is 19.4. The first-order chi connectivity index (χ1) is 14.1. The van der Waals surface area contributed by atoms with E-state index in [1.54, 1.807) is 20.0 Å². The molecule has 2 heterocycles. The molecule has 0 unspecified atom stereocenters. The molecule has 0 saturated carbocycles. The number of benzene rings is 2. The Balaban J connectivity index is 1.59. The third kappa shape index (κ3) is 3.55. The van der Waals surface area contributed by atoms with E-state index in [2.05, 4.69) is 10.1 Å². The Hall–Kier alpha value is -3.23. The van der Waals surface area contributed by atoms with Crippen molar-refractivity contribution in [3.05, 3.63) is 54.1 Å². The number of carbonyl (C=O) groups is 2. The lowest BCUT2D eigenvalue weighted by Gasteiger charge is -2.51. The van der Waals surface area contributed by atoms with E-state index in [-0.39, 0.29) is 17.5 Å². The van der Waals surface area contributed by atoms with Crippen LogP contribution in [-0.2, 0) is 9.59 Å². The monoisotopic (exact) mass is 420 g/mol. The molecule has 3 atom stereocenters. The molecule has 2 aliphatic rings. The van der Waals surface area contributed by atoms with Crippen LogP contribution in [0.5, 0.6) is 11.5 Å². The number of fused-ring (bicyclic) bond motifs is 4. The number of amides is 2. The summed E-state index contributed by atoms with van der Waals surface area (Å²) in [5, 5.41) is 2.64. The summed E-state index contributed by atoms with van der Waals surface area (Å²) < 4.78 is 46.8. The molecule has 0 aliphatic carbocycles. The van der Waals surface area contributed by atoms with Gasteiger partial charge in [0.15, 0.2) is 5.72 Å². The number of nitrogens with one attached hydrogen (secondary N) is 1. The number of rotatable bonds is 3. The Morgan fingerprint density at radius 2 is 1.87 bits per heavy atom. The molecule has 9 heteroatoms. The fraction of sp³-hybridized carbons (Fsp3) is 0.333. The van der Waals surface area contributed by atoms with Gasteiger partial charge in [-0.15, -0.1) is 13.2 Å². The van der Waals surface area contributed by atoms with E-state index in [4.69, 9.17) is 4.74 Å². The number of piperidine rings is 1. The molecule has 158 valence electrons. The number of hydrogen-bond donors (Lipinski definition) is 1. The van der Waals surface area contributed by atoms with Crippen molar-refractivity contribution in [3.8, 4) is 11.5 Å². The van der Waals surface area contributed by atoms with E-state index >= 15 is 0 Å². The van der Waals surface area contributed by atoms with Gasteiger partial charge in [0.1, 0.15) is 17.4 Å². The van der Waals surface area contributed by atoms with E-state index < -0.39 is 29.7 Å². The molecule has 1 N–H and O–H groups in total. The van der Waals surface area contributed by atoms with Crippen molar-refractivity contribution in [1.82, 2.24) is 4.90 Å². The van der Waals surface area contributed by atoms with Gasteiger partial charge < -0.3 is 19.7 Å². The van der Waals surface area contributed by atoms with Crippen molar-refractivity contribution < 1.29 is 32.2 Å². The van der Waals surface area contributed by atoms with Crippen LogP contribution in [0.3, 0.4) is 0 Å². The Labute approximate surface area is 170 Å². The second kappa shape index (κ2) is 6.93. The van der Waals surface area contributed by atoms with E-state index in [0.717, 1.165) is 17.7 Å². The van der Waals surface area contributed by atoms with Crippen molar-refractivity contribution >= 4 is 17.5 Å². The molecule has 0 spiro atoms. The van der Waals surface area contributed by atoms with E-state index in [0.29, 0.717) is 12.2 Å². The molecule has 1 saturated heterocycles. The Bertz CT molecular complexity index is 992. The first-order valence-electron chi connectivity index (χ1n) is 9.30. The highest BCUT2D eigenvalue weighted by Gasteiger charge is 2.54. The van der Waals surface area contributed by atoms with Gasteiger partial charge in [-0.05, 0) is 42.8 Å². The zero-order chi connectivity index (χ0) is 21.7. The molecular formula is C21H19F3N2O4. The van der Waals surface area contributed by atoms with Crippen LogP contribution in [-0.4, -0.2) is 35.8 Å². The maximum atomic E-state index is 13.0. The van der Waals surface area contributed by atoms with Crippen LogP contribution in [0, 0.1) is 5.92 Å². The van der Waals surface area contributed by atoms with Gasteiger partial charge in [-0.25, -0.2) is 0 Å². The Morgan fingerprint density at radius 1 is 1.20 bits per heavy atom. The molecule has 4 rings (SSSR count). The van der Waals surface area contributed by atoms with Crippen LogP contribution in [0.2, 0.25) is 0 Å². The number of halogens is 3. The highest BCUT2D eigenvalue weighted by molar-refractivity contribution is 6.08. The normalized spacial score (nSPS) is 25.2. The summed E-state index contributed by atoms with van der Waals surface area (Å²) in [6, 6.07) is 12.1. The van der Waals surface area contributed by atoms with Crippen LogP contribution < -0.4 is 14.8 Å². The first-order valence-corrected chi connectivity index (χ1v) is 9.30. The molecular weight excluding hydrogens is 401 g/mol. The van der Waals surface area contributed by atoms with E-state index in [1.807, 2.05) is 18.2 Å². The summed E-state index contributed by atoms with van der Waals surface area (Å²) in [6.07, 6.45) is -4.35. The summed E-state index contributed by atoms with van der Waals surface area (Å²) in [5.74, 6) is -2.04. The second-order valence-electron chi connectivity index (χ2n) is 7.56. The number of nitrogens with zero attached hydrogens (tertiary/aromatic N) is 1. The van der Waals surface area contributed by atoms with Gasteiger partial charge in [0.25, 0.3) is 0 Å². The molecule has 6 nitrogen and oxygen atoms in total. The largest absolute Gasteiger partial charge is 0.573 e. The molecule has 2 aromatic carbocycles. The third-order valence-corrected chi connectivity index (χ3v) is 5.59. The van der Waals surface area contributed by atoms with Gasteiger partial charge in [-0.1, -0.05) is 18.2 Å². The fourth-order valence-corrected chi connectivity index (χ4v) is 4.05. The highest BCUT2D eigenvalue weighted by Crippen LogP contribution is 2.49. The summed E-state index contributed by atoms with van der Waals surface area (Å²) in [5.41, 5.74) is 0.188. The van der Waals surface area contributed by atoms with Crippen LogP contribution in [0.25, 0.3) is 0 Å². The predicted molar refractivity (Wildman–Crippen MR) is 101 cm³/mol. The Kier molecular flexibility index (Phi) is 4.63. The first kappa shape index (κ1) is 20.1. The number of ether oxygens (including phenoxy) is 2. The topological polar surface area (TPSA) is 67.9 Å². The minimum atomic E-state index is -4.80. The smallest absolute Gasteiger partial charge is 0.468 e.